The maximum atomic E-state index is 14.0. The van der Waals surface area contributed by atoms with Gasteiger partial charge < -0.3 is 15.4 Å². The summed E-state index contributed by atoms with van der Waals surface area (Å²) in [5, 5.41) is 14.9. The quantitative estimate of drug-likeness (QED) is 0.250. The Labute approximate surface area is 229 Å². The van der Waals surface area contributed by atoms with E-state index in [0.717, 1.165) is 25.0 Å². The molecule has 0 saturated carbocycles. The highest BCUT2D eigenvalue weighted by Crippen LogP contribution is 2.34. The van der Waals surface area contributed by atoms with Crippen molar-refractivity contribution in [3.8, 4) is 28.8 Å². The number of allylic oxidation sites excluding steroid dienone is 1. The van der Waals surface area contributed by atoms with E-state index in [-0.39, 0.29) is 35.0 Å². The molecule has 1 aliphatic heterocycles. The van der Waals surface area contributed by atoms with Crippen molar-refractivity contribution in [1.29, 1.82) is 5.26 Å². The van der Waals surface area contributed by atoms with Gasteiger partial charge in [-0.05, 0) is 55.2 Å². The van der Waals surface area contributed by atoms with E-state index in [1.54, 1.807) is 39.9 Å². The van der Waals surface area contributed by atoms with Crippen LogP contribution in [-0.2, 0) is 11.3 Å². The molecule has 9 nitrogen and oxygen atoms in total. The van der Waals surface area contributed by atoms with Crippen molar-refractivity contribution < 1.29 is 18.3 Å². The molecule has 1 atom stereocenters. The van der Waals surface area contributed by atoms with Crippen LogP contribution in [0.25, 0.3) is 22.3 Å². The standard InChI is InChI=1S/C29H27F2N7O2/c1-17(2)13-19(14-32)29(39)37-12-4-5-20(37)15-38-28-24(27(33)34-16-35-28)25(36-38)18-8-10-21(11-9-18)40-26-22(30)6-3-7-23(26)31/h3,6-11,13,16-17,20H,4-5,12,15H2,1-2H3,(H2,33,34,35)/b19-13-/t20-/m1/s1. The fourth-order valence-electron chi connectivity index (χ4n) is 4.88. The van der Waals surface area contributed by atoms with Gasteiger partial charge >= 0.3 is 0 Å². The monoisotopic (exact) mass is 543 g/mol. The Balaban J connectivity index is 1.45. The average Bonchev–Trinajstić information content (AvgIpc) is 3.55. The van der Waals surface area contributed by atoms with Crippen LogP contribution in [0.15, 0.2) is 60.4 Å². The van der Waals surface area contributed by atoms with Crippen molar-refractivity contribution in [3.63, 3.8) is 0 Å². The second-order valence-electron chi connectivity index (χ2n) is 9.90. The molecule has 0 aliphatic carbocycles. The van der Waals surface area contributed by atoms with Gasteiger partial charge in [-0.2, -0.15) is 10.4 Å². The van der Waals surface area contributed by atoms with Gasteiger partial charge in [0.25, 0.3) is 5.91 Å². The number of anilines is 1. The first-order chi connectivity index (χ1) is 19.3. The molecule has 40 heavy (non-hydrogen) atoms. The molecular formula is C29H27F2N7O2. The first-order valence-electron chi connectivity index (χ1n) is 12.9. The number of halogens is 2. The molecule has 2 aromatic heterocycles. The first kappa shape index (κ1) is 26.7. The number of para-hydroxylation sites is 1. The second-order valence-corrected chi connectivity index (χ2v) is 9.90. The number of nitrogens with zero attached hydrogens (tertiary/aromatic N) is 6. The Morgan fingerprint density at radius 1 is 1.20 bits per heavy atom. The van der Waals surface area contributed by atoms with Crippen molar-refractivity contribution in [2.24, 2.45) is 5.92 Å². The Kier molecular flexibility index (Phi) is 7.42. The highest BCUT2D eigenvalue weighted by molar-refractivity contribution is 5.99. The first-order valence-corrected chi connectivity index (χ1v) is 12.9. The van der Waals surface area contributed by atoms with Crippen LogP contribution in [0.5, 0.6) is 11.5 Å². The van der Waals surface area contributed by atoms with Crippen LogP contribution in [0, 0.1) is 28.9 Å². The highest BCUT2D eigenvalue weighted by Gasteiger charge is 2.32. The molecule has 2 aromatic carbocycles. The molecule has 1 amide bonds. The van der Waals surface area contributed by atoms with E-state index in [9.17, 15) is 18.8 Å². The largest absolute Gasteiger partial charge is 0.451 e. The van der Waals surface area contributed by atoms with Gasteiger partial charge in [0.15, 0.2) is 23.0 Å². The number of nitrogen functional groups attached to an aromatic ring is 1. The molecular weight excluding hydrogens is 516 g/mol. The van der Waals surface area contributed by atoms with Crippen LogP contribution in [0.4, 0.5) is 14.6 Å². The van der Waals surface area contributed by atoms with Crippen molar-refractivity contribution in [2.75, 3.05) is 12.3 Å². The number of fused-ring (bicyclic) bond motifs is 1. The Bertz CT molecular complexity index is 1620. The van der Waals surface area contributed by atoms with Crippen molar-refractivity contribution in [2.45, 2.75) is 39.3 Å². The van der Waals surface area contributed by atoms with Gasteiger partial charge in [0.1, 0.15) is 35.2 Å². The fourth-order valence-corrected chi connectivity index (χ4v) is 4.88. The predicted molar refractivity (Wildman–Crippen MR) is 145 cm³/mol. The van der Waals surface area contributed by atoms with Crippen LogP contribution in [0.1, 0.15) is 26.7 Å². The number of carbonyl (C=O) groups is 1. The van der Waals surface area contributed by atoms with Crippen molar-refractivity contribution in [3.05, 3.63) is 72.1 Å². The Hall–Kier alpha value is -4.85. The van der Waals surface area contributed by atoms with Gasteiger partial charge in [-0.25, -0.2) is 23.4 Å². The third kappa shape index (κ3) is 5.20. The van der Waals surface area contributed by atoms with E-state index < -0.39 is 17.4 Å². The number of nitrogens with two attached hydrogens (primary N) is 1. The number of carbonyl (C=O) groups excluding carboxylic acids is 1. The summed E-state index contributed by atoms with van der Waals surface area (Å²) in [6.07, 6.45) is 4.60. The minimum Gasteiger partial charge on any atom is -0.451 e. The predicted octanol–water partition coefficient (Wildman–Crippen LogP) is 5.24. The van der Waals surface area contributed by atoms with E-state index in [4.69, 9.17) is 15.6 Å². The second kappa shape index (κ2) is 11.1. The molecule has 1 saturated heterocycles. The smallest absolute Gasteiger partial charge is 0.264 e. The number of rotatable bonds is 7. The summed E-state index contributed by atoms with van der Waals surface area (Å²) in [5.41, 5.74) is 8.07. The minimum atomic E-state index is -0.806. The van der Waals surface area contributed by atoms with E-state index in [2.05, 4.69) is 9.97 Å². The average molecular weight is 544 g/mol. The molecule has 0 radical (unpaired) electrons. The molecule has 11 heteroatoms. The molecule has 3 heterocycles. The molecule has 0 bridgehead atoms. The van der Waals surface area contributed by atoms with Gasteiger partial charge in [0.05, 0.1) is 18.0 Å². The maximum absolute atomic E-state index is 14.0. The van der Waals surface area contributed by atoms with Gasteiger partial charge in [-0.1, -0.05) is 26.0 Å². The van der Waals surface area contributed by atoms with Gasteiger partial charge in [0, 0.05) is 12.1 Å². The molecule has 1 aliphatic rings. The minimum absolute atomic E-state index is 0.0690. The topological polar surface area (TPSA) is 123 Å². The Morgan fingerprint density at radius 2 is 1.93 bits per heavy atom. The summed E-state index contributed by atoms with van der Waals surface area (Å²) in [4.78, 5) is 23.4. The summed E-state index contributed by atoms with van der Waals surface area (Å²) in [7, 11) is 0. The summed E-state index contributed by atoms with van der Waals surface area (Å²) in [6.45, 7) is 4.75. The van der Waals surface area contributed by atoms with Gasteiger partial charge in [0.2, 0.25) is 0 Å². The lowest BCUT2D eigenvalue weighted by molar-refractivity contribution is -0.127. The number of ether oxygens (including phenoxy) is 1. The number of benzene rings is 2. The lowest BCUT2D eigenvalue weighted by Crippen LogP contribution is -2.39. The number of nitriles is 1. The number of amides is 1. The van der Waals surface area contributed by atoms with Crippen molar-refractivity contribution >= 4 is 22.8 Å². The van der Waals surface area contributed by atoms with Crippen LogP contribution < -0.4 is 10.5 Å². The van der Waals surface area contributed by atoms with Crippen LogP contribution in [0.3, 0.4) is 0 Å². The molecule has 0 spiro atoms. The van der Waals surface area contributed by atoms with E-state index in [1.807, 2.05) is 19.9 Å². The zero-order valence-electron chi connectivity index (χ0n) is 22.0. The third-order valence-corrected chi connectivity index (χ3v) is 6.70. The molecule has 0 unspecified atom stereocenters. The number of likely N-dealkylation sites (tertiary alicyclic amines) is 1. The zero-order valence-corrected chi connectivity index (χ0v) is 22.0. The van der Waals surface area contributed by atoms with E-state index in [0.29, 0.717) is 35.4 Å². The summed E-state index contributed by atoms with van der Waals surface area (Å²) < 4.78 is 35.2. The van der Waals surface area contributed by atoms with Crippen LogP contribution >= 0.6 is 0 Å². The molecule has 2 N–H and O–H groups in total. The molecule has 5 rings (SSSR count). The van der Waals surface area contributed by atoms with Crippen molar-refractivity contribution in [1.82, 2.24) is 24.6 Å². The number of hydrogen-bond donors (Lipinski definition) is 1. The zero-order chi connectivity index (χ0) is 28.4. The van der Waals surface area contributed by atoms with E-state index in [1.165, 1.54) is 12.4 Å². The summed E-state index contributed by atoms with van der Waals surface area (Å²) in [5.74, 6) is -1.83. The lowest BCUT2D eigenvalue weighted by atomic mass is 10.1. The van der Waals surface area contributed by atoms with Gasteiger partial charge in [-0.15, -0.1) is 0 Å². The molecule has 1 fully saturated rings. The Morgan fingerprint density at radius 3 is 2.60 bits per heavy atom. The maximum Gasteiger partial charge on any atom is 0.264 e. The molecule has 204 valence electrons. The summed E-state index contributed by atoms with van der Waals surface area (Å²) >= 11 is 0. The normalized spacial score (nSPS) is 15.6. The molecule has 4 aromatic rings. The number of aromatic nitrogens is 4. The summed E-state index contributed by atoms with van der Waals surface area (Å²) in [6, 6.07) is 11.9. The number of hydrogen-bond acceptors (Lipinski definition) is 7. The highest BCUT2D eigenvalue weighted by atomic mass is 19.1. The fraction of sp³-hybridized carbons (Fsp3) is 0.276. The van der Waals surface area contributed by atoms with Crippen LogP contribution in [-0.4, -0.2) is 43.1 Å². The van der Waals surface area contributed by atoms with Gasteiger partial charge in [-0.3, -0.25) is 4.79 Å². The van der Waals surface area contributed by atoms with Crippen LogP contribution in [0.2, 0.25) is 0 Å². The third-order valence-electron chi connectivity index (χ3n) is 6.70. The lowest BCUT2D eigenvalue weighted by Gasteiger charge is -2.24. The van der Waals surface area contributed by atoms with E-state index >= 15 is 0 Å². The SMILES string of the molecule is CC(C)/C=C(/C#N)C(=O)N1CCC[C@@H]1Cn1nc(-c2ccc(Oc3c(F)cccc3F)cc2)c2c(N)ncnc21.